The standard InChI is InChI=1S/C15H17BrFNO/c1-2-6-18-15(12-5-7-19-10-12)8-11-3-4-13(17)9-14(11)16/h3-5,7,9-10,15,18H,2,6,8H2,1H3. The summed E-state index contributed by atoms with van der Waals surface area (Å²) in [6.45, 7) is 3.07. The van der Waals surface area contributed by atoms with Gasteiger partial charge in [0, 0.05) is 16.1 Å². The summed E-state index contributed by atoms with van der Waals surface area (Å²) in [5.41, 5.74) is 2.20. The minimum absolute atomic E-state index is 0.181. The van der Waals surface area contributed by atoms with Gasteiger partial charge in [-0.2, -0.15) is 0 Å². The number of nitrogens with one attached hydrogen (secondary N) is 1. The minimum atomic E-state index is -0.225. The van der Waals surface area contributed by atoms with Gasteiger partial charge in [-0.3, -0.25) is 0 Å². The second-order valence-corrected chi connectivity index (χ2v) is 5.36. The zero-order valence-corrected chi connectivity index (χ0v) is 12.4. The first-order valence-electron chi connectivity index (χ1n) is 6.40. The fourth-order valence-electron chi connectivity index (χ4n) is 2.01. The number of hydrogen-bond acceptors (Lipinski definition) is 2. The van der Waals surface area contributed by atoms with Gasteiger partial charge in [0.15, 0.2) is 0 Å². The van der Waals surface area contributed by atoms with Crippen LogP contribution in [-0.4, -0.2) is 6.54 Å². The van der Waals surface area contributed by atoms with Crippen molar-refractivity contribution in [3.05, 3.63) is 58.2 Å². The van der Waals surface area contributed by atoms with Crippen LogP contribution < -0.4 is 5.32 Å². The molecule has 1 unspecified atom stereocenters. The van der Waals surface area contributed by atoms with Crippen molar-refractivity contribution < 1.29 is 8.81 Å². The van der Waals surface area contributed by atoms with Gasteiger partial charge in [0.1, 0.15) is 5.82 Å². The van der Waals surface area contributed by atoms with E-state index in [1.54, 1.807) is 12.5 Å². The van der Waals surface area contributed by atoms with E-state index in [9.17, 15) is 4.39 Å². The largest absolute Gasteiger partial charge is 0.472 e. The van der Waals surface area contributed by atoms with E-state index in [1.807, 2.05) is 12.1 Å². The lowest BCUT2D eigenvalue weighted by Crippen LogP contribution is -2.23. The number of halogens is 2. The smallest absolute Gasteiger partial charge is 0.124 e. The summed E-state index contributed by atoms with van der Waals surface area (Å²) >= 11 is 3.42. The molecule has 2 aromatic rings. The fraction of sp³-hybridized carbons (Fsp3) is 0.333. The molecule has 1 heterocycles. The monoisotopic (exact) mass is 325 g/mol. The van der Waals surface area contributed by atoms with Crippen LogP contribution in [0.4, 0.5) is 4.39 Å². The SMILES string of the molecule is CCCNC(Cc1ccc(F)cc1Br)c1ccoc1. The van der Waals surface area contributed by atoms with E-state index in [4.69, 9.17) is 4.42 Å². The Morgan fingerprint density at radius 2 is 2.21 bits per heavy atom. The first-order valence-corrected chi connectivity index (χ1v) is 7.19. The van der Waals surface area contributed by atoms with Gasteiger partial charge in [-0.25, -0.2) is 4.39 Å². The second-order valence-electron chi connectivity index (χ2n) is 4.50. The third kappa shape index (κ3) is 3.91. The van der Waals surface area contributed by atoms with Crippen LogP contribution in [0.15, 0.2) is 45.7 Å². The molecule has 0 fully saturated rings. The average Bonchev–Trinajstić information content (AvgIpc) is 2.90. The molecule has 2 nitrogen and oxygen atoms in total. The highest BCUT2D eigenvalue weighted by molar-refractivity contribution is 9.10. The van der Waals surface area contributed by atoms with E-state index < -0.39 is 0 Å². The molecular formula is C15H17BrFNO. The topological polar surface area (TPSA) is 25.2 Å². The van der Waals surface area contributed by atoms with Gasteiger partial charge in [0.05, 0.1) is 12.5 Å². The van der Waals surface area contributed by atoms with Crippen LogP contribution in [0.3, 0.4) is 0 Å². The van der Waals surface area contributed by atoms with Gasteiger partial charge in [0.25, 0.3) is 0 Å². The summed E-state index contributed by atoms with van der Waals surface area (Å²) < 4.78 is 19.1. The number of rotatable bonds is 6. The third-order valence-corrected chi connectivity index (χ3v) is 3.76. The van der Waals surface area contributed by atoms with E-state index >= 15 is 0 Å². The third-order valence-electron chi connectivity index (χ3n) is 3.03. The Bertz CT molecular complexity index is 513. The Hall–Kier alpha value is -1.13. The molecule has 19 heavy (non-hydrogen) atoms. The van der Waals surface area contributed by atoms with Crippen LogP contribution in [0, 0.1) is 5.82 Å². The molecule has 1 atom stereocenters. The maximum Gasteiger partial charge on any atom is 0.124 e. The van der Waals surface area contributed by atoms with E-state index in [-0.39, 0.29) is 11.9 Å². The lowest BCUT2D eigenvalue weighted by atomic mass is 10.0. The van der Waals surface area contributed by atoms with Gasteiger partial charge < -0.3 is 9.73 Å². The molecule has 0 aliphatic heterocycles. The molecule has 0 aliphatic carbocycles. The van der Waals surface area contributed by atoms with Gasteiger partial charge in [-0.1, -0.05) is 28.9 Å². The quantitative estimate of drug-likeness (QED) is 0.847. The zero-order chi connectivity index (χ0) is 13.7. The lowest BCUT2D eigenvalue weighted by Gasteiger charge is -2.18. The summed E-state index contributed by atoms with van der Waals surface area (Å²) in [5.74, 6) is -0.225. The van der Waals surface area contributed by atoms with Crippen molar-refractivity contribution in [3.63, 3.8) is 0 Å². The highest BCUT2D eigenvalue weighted by Gasteiger charge is 2.14. The van der Waals surface area contributed by atoms with Crippen LogP contribution in [0.5, 0.6) is 0 Å². The number of hydrogen-bond donors (Lipinski definition) is 1. The second kappa shape index (κ2) is 6.87. The van der Waals surface area contributed by atoms with E-state index in [1.165, 1.54) is 12.1 Å². The highest BCUT2D eigenvalue weighted by Crippen LogP contribution is 2.25. The Balaban J connectivity index is 2.15. The molecule has 0 bridgehead atoms. The predicted molar refractivity (Wildman–Crippen MR) is 77.5 cm³/mol. The summed E-state index contributed by atoms with van der Waals surface area (Å²) in [6.07, 6.45) is 5.29. The van der Waals surface area contributed by atoms with Gasteiger partial charge >= 0.3 is 0 Å². The van der Waals surface area contributed by atoms with Crippen molar-refractivity contribution in [3.8, 4) is 0 Å². The molecule has 102 valence electrons. The molecule has 0 saturated carbocycles. The molecule has 0 radical (unpaired) electrons. The molecule has 1 aromatic heterocycles. The molecule has 0 saturated heterocycles. The molecular weight excluding hydrogens is 309 g/mol. The molecule has 1 aromatic carbocycles. The minimum Gasteiger partial charge on any atom is -0.472 e. The summed E-state index contributed by atoms with van der Waals surface area (Å²) in [4.78, 5) is 0. The maximum atomic E-state index is 13.1. The first-order chi connectivity index (χ1) is 9.20. The maximum absolute atomic E-state index is 13.1. The highest BCUT2D eigenvalue weighted by atomic mass is 79.9. The van der Waals surface area contributed by atoms with Gasteiger partial charge in [-0.15, -0.1) is 0 Å². The van der Waals surface area contributed by atoms with Crippen LogP contribution in [0.2, 0.25) is 0 Å². The Morgan fingerprint density at radius 3 is 2.84 bits per heavy atom. The average molecular weight is 326 g/mol. The van der Waals surface area contributed by atoms with Crippen LogP contribution in [-0.2, 0) is 6.42 Å². The van der Waals surface area contributed by atoms with Crippen LogP contribution >= 0.6 is 15.9 Å². The van der Waals surface area contributed by atoms with Crippen molar-refractivity contribution in [2.45, 2.75) is 25.8 Å². The lowest BCUT2D eigenvalue weighted by molar-refractivity contribution is 0.511. The summed E-state index contributed by atoms with van der Waals surface area (Å²) in [6, 6.07) is 6.96. The summed E-state index contributed by atoms with van der Waals surface area (Å²) in [5, 5.41) is 3.49. The van der Waals surface area contributed by atoms with Crippen LogP contribution in [0.1, 0.15) is 30.5 Å². The Labute approximate surface area is 121 Å². The predicted octanol–water partition coefficient (Wildman–Crippen LogP) is 4.46. The molecule has 0 aliphatic rings. The van der Waals surface area contributed by atoms with Crippen molar-refractivity contribution >= 4 is 15.9 Å². The van der Waals surface area contributed by atoms with Crippen molar-refractivity contribution in [1.82, 2.24) is 5.32 Å². The van der Waals surface area contributed by atoms with Crippen LogP contribution in [0.25, 0.3) is 0 Å². The fourth-order valence-corrected chi connectivity index (χ4v) is 2.52. The van der Waals surface area contributed by atoms with E-state index in [0.717, 1.165) is 35.0 Å². The van der Waals surface area contributed by atoms with E-state index in [0.29, 0.717) is 0 Å². The molecule has 0 amide bonds. The summed E-state index contributed by atoms with van der Waals surface area (Å²) in [7, 11) is 0. The molecule has 0 spiro atoms. The molecule has 2 rings (SSSR count). The van der Waals surface area contributed by atoms with Gasteiger partial charge in [0.2, 0.25) is 0 Å². The van der Waals surface area contributed by atoms with Crippen molar-refractivity contribution in [2.75, 3.05) is 6.54 Å². The normalized spacial score (nSPS) is 12.6. The number of furan rings is 1. The number of benzene rings is 1. The van der Waals surface area contributed by atoms with Gasteiger partial charge in [-0.05, 0) is 43.1 Å². The van der Waals surface area contributed by atoms with Crippen molar-refractivity contribution in [1.29, 1.82) is 0 Å². The van der Waals surface area contributed by atoms with Crippen molar-refractivity contribution in [2.24, 2.45) is 0 Å². The van der Waals surface area contributed by atoms with E-state index in [2.05, 4.69) is 28.2 Å². The first kappa shape index (κ1) is 14.3. The molecule has 4 heteroatoms. The Kier molecular flexibility index (Phi) is 5.16. The zero-order valence-electron chi connectivity index (χ0n) is 10.8. The Morgan fingerprint density at radius 1 is 1.37 bits per heavy atom. The molecule has 1 N–H and O–H groups in total.